The van der Waals surface area contributed by atoms with Gasteiger partial charge in [0.15, 0.2) is 5.78 Å². The average Bonchev–Trinajstić information content (AvgIpc) is 2.40. The Morgan fingerprint density at radius 3 is 2.72 bits per heavy atom. The fraction of sp³-hybridized carbons (Fsp3) is 0.286. The Morgan fingerprint density at radius 1 is 1.39 bits per heavy atom. The van der Waals surface area contributed by atoms with Crippen LogP contribution in [0.1, 0.15) is 18.9 Å². The van der Waals surface area contributed by atoms with Crippen LogP contribution >= 0.6 is 0 Å². The normalized spacial score (nSPS) is 22.4. The van der Waals surface area contributed by atoms with Crippen molar-refractivity contribution < 1.29 is 19.1 Å². The number of ketones is 1. The van der Waals surface area contributed by atoms with Gasteiger partial charge in [0.1, 0.15) is 0 Å². The highest BCUT2D eigenvalue weighted by atomic mass is 16.6. The summed E-state index contributed by atoms with van der Waals surface area (Å²) in [4.78, 5) is 23.7. The molecule has 4 nitrogen and oxygen atoms in total. The molecular weight excluding hydrogens is 232 g/mol. The van der Waals surface area contributed by atoms with Crippen LogP contribution in [0, 0.1) is 0 Å². The van der Waals surface area contributed by atoms with Gasteiger partial charge in [-0.25, -0.2) is 4.79 Å². The van der Waals surface area contributed by atoms with Crippen LogP contribution in [0.3, 0.4) is 0 Å². The molecule has 1 aromatic rings. The summed E-state index contributed by atoms with van der Waals surface area (Å²) in [7, 11) is 0. The molecular formula is C14H14O4. The van der Waals surface area contributed by atoms with Crippen molar-refractivity contribution in [3.8, 4) is 0 Å². The van der Waals surface area contributed by atoms with Gasteiger partial charge >= 0.3 is 5.97 Å². The molecule has 0 saturated heterocycles. The van der Waals surface area contributed by atoms with Crippen LogP contribution < -0.4 is 0 Å². The molecule has 0 aliphatic carbocycles. The van der Waals surface area contributed by atoms with Crippen LogP contribution in [0.5, 0.6) is 0 Å². The van der Waals surface area contributed by atoms with Gasteiger partial charge < -0.3 is 9.47 Å². The third-order valence-electron chi connectivity index (χ3n) is 2.79. The topological polar surface area (TPSA) is 52.6 Å². The van der Waals surface area contributed by atoms with Crippen LogP contribution in [-0.2, 0) is 24.7 Å². The zero-order valence-corrected chi connectivity index (χ0v) is 10.1. The van der Waals surface area contributed by atoms with Gasteiger partial charge in [0.2, 0.25) is 5.60 Å². The van der Waals surface area contributed by atoms with Gasteiger partial charge in [-0.3, -0.25) is 4.79 Å². The third-order valence-corrected chi connectivity index (χ3v) is 2.79. The van der Waals surface area contributed by atoms with E-state index in [1.165, 1.54) is 12.3 Å². The van der Waals surface area contributed by atoms with Crippen molar-refractivity contribution in [3.05, 3.63) is 48.2 Å². The van der Waals surface area contributed by atoms with Gasteiger partial charge in [0.05, 0.1) is 19.3 Å². The first-order valence-electron chi connectivity index (χ1n) is 5.79. The highest BCUT2D eigenvalue weighted by molar-refractivity contribution is 5.96. The number of allylic oxidation sites excluding steroid dienone is 1. The van der Waals surface area contributed by atoms with Crippen molar-refractivity contribution in [3.63, 3.8) is 0 Å². The summed E-state index contributed by atoms with van der Waals surface area (Å²) in [6, 6.07) is 8.93. The van der Waals surface area contributed by atoms with Crippen LogP contribution in [0.25, 0.3) is 0 Å². The summed E-state index contributed by atoms with van der Waals surface area (Å²) in [6.45, 7) is 1.96. The van der Waals surface area contributed by atoms with Crippen molar-refractivity contribution in [1.82, 2.24) is 0 Å². The van der Waals surface area contributed by atoms with E-state index in [2.05, 4.69) is 0 Å². The van der Waals surface area contributed by atoms with E-state index < -0.39 is 11.6 Å². The highest BCUT2D eigenvalue weighted by Gasteiger charge is 2.46. The number of carbonyl (C=O) groups excluding carboxylic acids is 2. The third kappa shape index (κ3) is 2.14. The minimum Gasteiger partial charge on any atom is -0.478 e. The predicted octanol–water partition coefficient (Wildman–Crippen LogP) is 1.95. The largest absolute Gasteiger partial charge is 0.478 e. The Labute approximate surface area is 105 Å². The number of hydrogen-bond acceptors (Lipinski definition) is 4. The number of rotatable bonds is 3. The van der Waals surface area contributed by atoms with Gasteiger partial charge in [-0.2, -0.15) is 0 Å². The molecule has 0 fully saturated rings. The molecule has 18 heavy (non-hydrogen) atoms. The molecule has 1 aliphatic rings. The molecule has 2 rings (SSSR count). The van der Waals surface area contributed by atoms with Gasteiger partial charge in [0, 0.05) is 11.6 Å². The molecule has 1 aromatic carbocycles. The quantitative estimate of drug-likeness (QED) is 0.765. The first-order chi connectivity index (χ1) is 8.69. The van der Waals surface area contributed by atoms with Crippen LogP contribution in [0.15, 0.2) is 42.7 Å². The molecule has 0 bridgehead atoms. The minimum absolute atomic E-state index is 0.0354. The molecule has 1 aliphatic heterocycles. The zero-order chi connectivity index (χ0) is 13.0. The van der Waals surface area contributed by atoms with Crippen LogP contribution in [-0.4, -0.2) is 18.4 Å². The summed E-state index contributed by atoms with van der Waals surface area (Å²) in [5.74, 6) is -0.688. The second kappa shape index (κ2) is 5.04. The fourth-order valence-corrected chi connectivity index (χ4v) is 1.94. The Balaban J connectivity index is 2.44. The Morgan fingerprint density at radius 2 is 2.11 bits per heavy atom. The van der Waals surface area contributed by atoms with E-state index in [0.717, 1.165) is 0 Å². The van der Waals surface area contributed by atoms with Crippen molar-refractivity contribution >= 4 is 11.8 Å². The van der Waals surface area contributed by atoms with Gasteiger partial charge in [0.25, 0.3) is 0 Å². The molecule has 1 unspecified atom stereocenters. The number of ether oxygens (including phenoxy) is 2. The summed E-state index contributed by atoms with van der Waals surface area (Å²) in [6.07, 6.45) is 2.54. The monoisotopic (exact) mass is 246 g/mol. The molecule has 0 N–H and O–H groups in total. The standard InChI is InChI=1S/C14H14O4/c1-2-17-13(16)14(10-12(15)8-9-18-14)11-6-4-3-5-7-11/h3-9H,2,10H2,1H3. The Bertz CT molecular complexity index is 478. The molecule has 94 valence electrons. The number of esters is 1. The van der Waals surface area contributed by atoms with E-state index in [4.69, 9.17) is 9.47 Å². The lowest BCUT2D eigenvalue weighted by molar-refractivity contribution is -0.170. The van der Waals surface area contributed by atoms with E-state index in [9.17, 15) is 9.59 Å². The predicted molar refractivity (Wildman–Crippen MR) is 64.6 cm³/mol. The molecule has 0 spiro atoms. The van der Waals surface area contributed by atoms with E-state index in [0.29, 0.717) is 5.56 Å². The summed E-state index contributed by atoms with van der Waals surface area (Å²) in [5, 5.41) is 0. The second-order valence-electron chi connectivity index (χ2n) is 3.98. The average molecular weight is 246 g/mol. The smallest absolute Gasteiger partial charge is 0.355 e. The van der Waals surface area contributed by atoms with Crippen LogP contribution in [0.4, 0.5) is 0 Å². The van der Waals surface area contributed by atoms with Gasteiger partial charge in [-0.05, 0) is 6.92 Å². The number of carbonyl (C=O) groups is 2. The van der Waals surface area contributed by atoms with E-state index in [1.807, 2.05) is 6.07 Å². The van der Waals surface area contributed by atoms with E-state index in [-0.39, 0.29) is 18.8 Å². The van der Waals surface area contributed by atoms with Crippen molar-refractivity contribution in [2.45, 2.75) is 18.9 Å². The molecule has 0 saturated carbocycles. The highest BCUT2D eigenvalue weighted by Crippen LogP contribution is 2.34. The number of benzene rings is 1. The minimum atomic E-state index is -1.34. The fourth-order valence-electron chi connectivity index (χ4n) is 1.94. The van der Waals surface area contributed by atoms with Crippen LogP contribution in [0.2, 0.25) is 0 Å². The summed E-state index contributed by atoms with van der Waals surface area (Å²) < 4.78 is 10.5. The van der Waals surface area contributed by atoms with Gasteiger partial charge in [-0.15, -0.1) is 0 Å². The van der Waals surface area contributed by atoms with Crippen molar-refractivity contribution in [1.29, 1.82) is 0 Å². The molecule has 0 amide bonds. The van der Waals surface area contributed by atoms with Gasteiger partial charge in [-0.1, -0.05) is 30.3 Å². The van der Waals surface area contributed by atoms with Crippen molar-refractivity contribution in [2.24, 2.45) is 0 Å². The maximum atomic E-state index is 12.1. The second-order valence-corrected chi connectivity index (χ2v) is 3.98. The zero-order valence-electron chi connectivity index (χ0n) is 10.1. The summed E-state index contributed by atoms with van der Waals surface area (Å²) in [5.41, 5.74) is -0.718. The molecule has 0 aromatic heterocycles. The Kier molecular flexibility index (Phi) is 3.46. The molecule has 1 atom stereocenters. The van der Waals surface area contributed by atoms with E-state index in [1.54, 1.807) is 31.2 Å². The van der Waals surface area contributed by atoms with E-state index >= 15 is 0 Å². The number of hydrogen-bond donors (Lipinski definition) is 0. The molecule has 1 heterocycles. The maximum absolute atomic E-state index is 12.1. The first-order valence-corrected chi connectivity index (χ1v) is 5.79. The lowest BCUT2D eigenvalue weighted by atomic mass is 9.87. The lowest BCUT2D eigenvalue weighted by Crippen LogP contribution is -2.42. The van der Waals surface area contributed by atoms with Crippen molar-refractivity contribution in [2.75, 3.05) is 6.61 Å². The summed E-state index contributed by atoms with van der Waals surface area (Å²) >= 11 is 0. The molecule has 0 radical (unpaired) electrons. The molecule has 4 heteroatoms. The lowest BCUT2D eigenvalue weighted by Gasteiger charge is -2.32. The first kappa shape index (κ1) is 12.4. The Hall–Kier alpha value is -2.10. The maximum Gasteiger partial charge on any atom is 0.355 e. The SMILES string of the molecule is CCOC(=O)C1(c2ccccc2)CC(=O)C=CO1.